The van der Waals surface area contributed by atoms with Crippen molar-refractivity contribution in [3.8, 4) is 0 Å². The molecule has 8 rings (SSSR count). The van der Waals surface area contributed by atoms with Crippen molar-refractivity contribution >= 4 is 32.0 Å². The first kappa shape index (κ1) is 47.5. The van der Waals surface area contributed by atoms with E-state index >= 15 is 0 Å². The largest absolute Gasteiger partial charge is 0.437 e. The van der Waals surface area contributed by atoms with Crippen LogP contribution < -0.4 is 4.72 Å². The molecule has 4 heterocycles. The summed E-state index contributed by atoms with van der Waals surface area (Å²) in [5, 5.41) is 0. The highest BCUT2D eigenvalue weighted by atomic mass is 32.2. The van der Waals surface area contributed by atoms with E-state index in [4.69, 9.17) is 9.57 Å². The maximum Gasteiger partial charge on any atom is 0.437 e. The van der Waals surface area contributed by atoms with Crippen molar-refractivity contribution < 1.29 is 36.0 Å². The highest BCUT2D eigenvalue weighted by Crippen LogP contribution is 2.36. The summed E-state index contributed by atoms with van der Waals surface area (Å²) in [6, 6.07) is 10.5. The van der Waals surface area contributed by atoms with Gasteiger partial charge in [-0.15, -0.1) is 0 Å². The van der Waals surface area contributed by atoms with E-state index in [0.29, 0.717) is 73.4 Å². The number of benzene rings is 2. The highest BCUT2D eigenvalue weighted by Gasteiger charge is 2.39. The van der Waals surface area contributed by atoms with Gasteiger partial charge in [0.2, 0.25) is 10.0 Å². The number of esters is 1. The first-order valence-electron chi connectivity index (χ1n) is 24.4. The molecule has 6 aliphatic rings. The molecule has 2 aromatic carbocycles. The van der Waals surface area contributed by atoms with Crippen molar-refractivity contribution in [2.75, 3.05) is 66.5 Å². The number of ether oxygens (including phenoxy) is 1. The van der Waals surface area contributed by atoms with Crippen LogP contribution in [0.5, 0.6) is 0 Å². The molecule has 0 amide bonds. The quantitative estimate of drug-likeness (QED) is 0.120. The Morgan fingerprint density at radius 2 is 1.30 bits per heavy atom. The van der Waals surface area contributed by atoms with Crippen molar-refractivity contribution in [1.82, 2.24) is 28.8 Å². The van der Waals surface area contributed by atoms with Crippen LogP contribution in [-0.2, 0) is 58.6 Å². The average Bonchev–Trinajstić information content (AvgIpc) is 3.91. The molecule has 2 aromatic rings. The van der Waals surface area contributed by atoms with Crippen LogP contribution in [-0.4, -0.2) is 131 Å². The van der Waals surface area contributed by atoms with Gasteiger partial charge < -0.3 is 19.4 Å². The summed E-state index contributed by atoms with van der Waals surface area (Å²) in [4.78, 5) is 42.7. The third-order valence-corrected chi connectivity index (χ3v) is 18.4. The van der Waals surface area contributed by atoms with Gasteiger partial charge in [-0.3, -0.25) is 9.80 Å². The number of nitrogens with one attached hydrogen (secondary N) is 1. The molecule has 14 nitrogen and oxygen atoms in total. The van der Waals surface area contributed by atoms with Gasteiger partial charge in [0.1, 0.15) is 0 Å². The molecule has 0 radical (unpaired) electrons. The molecule has 0 spiro atoms. The van der Waals surface area contributed by atoms with E-state index in [1.54, 1.807) is 30.3 Å². The van der Waals surface area contributed by atoms with Gasteiger partial charge in [-0.25, -0.2) is 31.1 Å². The van der Waals surface area contributed by atoms with Crippen LogP contribution in [0.1, 0.15) is 131 Å². The first-order valence-corrected chi connectivity index (χ1v) is 27.3. The lowest BCUT2D eigenvalue weighted by atomic mass is 9.88. The smallest absolute Gasteiger partial charge is 0.434 e. The summed E-state index contributed by atoms with van der Waals surface area (Å²) in [5.41, 5.74) is 3.40. The fraction of sp³-hybridized carbons (Fsp3) is 0.708. The van der Waals surface area contributed by atoms with Gasteiger partial charge in [-0.05, 0) is 161 Å². The molecule has 64 heavy (non-hydrogen) atoms. The monoisotopic (exact) mass is 924 g/mol. The van der Waals surface area contributed by atoms with Gasteiger partial charge in [0.25, 0.3) is 10.0 Å². The fourth-order valence-electron chi connectivity index (χ4n) is 11.4. The van der Waals surface area contributed by atoms with Crippen LogP contribution in [0.4, 0.5) is 0 Å². The lowest BCUT2D eigenvalue weighted by Gasteiger charge is -2.39. The van der Waals surface area contributed by atoms with Crippen molar-refractivity contribution in [3.63, 3.8) is 0 Å². The number of hydroxylamine groups is 1. The van der Waals surface area contributed by atoms with E-state index < -0.39 is 38.2 Å². The third-order valence-electron chi connectivity index (χ3n) is 15.3. The van der Waals surface area contributed by atoms with Gasteiger partial charge in [0.15, 0.2) is 6.23 Å². The fourth-order valence-corrected chi connectivity index (χ4v) is 13.8. The van der Waals surface area contributed by atoms with Gasteiger partial charge in [-0.2, -0.15) is 0 Å². The van der Waals surface area contributed by atoms with Crippen LogP contribution in [0.15, 0.2) is 46.2 Å². The predicted molar refractivity (Wildman–Crippen MR) is 245 cm³/mol. The zero-order valence-corrected chi connectivity index (χ0v) is 39.9. The number of carbonyl (C=O) groups excluding carboxylic acids is 2. The normalized spacial score (nSPS) is 24.8. The zero-order valence-electron chi connectivity index (χ0n) is 38.3. The number of hydrogen-bond acceptors (Lipinski definition) is 12. The Labute approximate surface area is 382 Å². The summed E-state index contributed by atoms with van der Waals surface area (Å²) >= 11 is 0. The molecule has 2 saturated carbocycles. The summed E-state index contributed by atoms with van der Waals surface area (Å²) in [6.45, 7) is 5.82. The Kier molecular flexibility index (Phi) is 15.8. The molecule has 1 N–H and O–H groups in total. The van der Waals surface area contributed by atoms with E-state index in [9.17, 15) is 26.4 Å². The number of sulfonamides is 2. The minimum Gasteiger partial charge on any atom is -0.434 e. The Hall–Kier alpha value is -2.96. The molecular formula is C48H72N6O8S2. The van der Waals surface area contributed by atoms with Crippen LogP contribution in [0.25, 0.3) is 0 Å². The summed E-state index contributed by atoms with van der Waals surface area (Å²) in [5.74, 6) is -1.75. The summed E-state index contributed by atoms with van der Waals surface area (Å²) < 4.78 is 66.1. The number of fused-ring (bicyclic) bond motifs is 2. The van der Waals surface area contributed by atoms with E-state index in [2.05, 4.69) is 26.5 Å². The zero-order chi connectivity index (χ0) is 44.8. The molecule has 0 bridgehead atoms. The summed E-state index contributed by atoms with van der Waals surface area (Å²) in [7, 11) is -4.24. The molecule has 354 valence electrons. The van der Waals surface area contributed by atoms with Gasteiger partial charge in [-0.1, -0.05) is 50.7 Å². The molecule has 4 fully saturated rings. The van der Waals surface area contributed by atoms with E-state index in [1.165, 1.54) is 38.5 Å². The Balaban J connectivity index is 1.01. The van der Waals surface area contributed by atoms with Crippen LogP contribution in [0, 0.1) is 11.8 Å². The molecule has 2 aliphatic carbocycles. The number of likely N-dealkylation sites (tertiary alicyclic amines) is 2. The summed E-state index contributed by atoms with van der Waals surface area (Å²) in [6.07, 6.45) is 17.3. The molecule has 4 aliphatic heterocycles. The standard InChI is InChI=1S/C48H72N6O8S2/c1-50-26-9-15-41(50)21-25-49-63(57,58)43-19-18-39-23-29-53(34-37-13-7-4-8-14-37)46(45(39)32-43)61-47(55)48(56)62-54(30-24-42-16-10-27-51(42)2)64(59,60)44-20-17-38-22-28-52(35-40(38)31-44)33-36-11-5-3-6-12-36/h17-20,31-32,36-37,41-42,46,49H,3-16,21-30,33-35H2,1-2H3. The lowest BCUT2D eigenvalue weighted by Crippen LogP contribution is -2.43. The second kappa shape index (κ2) is 21.3. The Morgan fingerprint density at radius 1 is 0.672 bits per heavy atom. The first-order chi connectivity index (χ1) is 30.8. The average molecular weight is 925 g/mol. The van der Waals surface area contributed by atoms with E-state index in [0.717, 1.165) is 101 Å². The lowest BCUT2D eigenvalue weighted by molar-refractivity contribution is -0.192. The second-order valence-corrected chi connectivity index (χ2v) is 23.3. The highest BCUT2D eigenvalue weighted by molar-refractivity contribution is 7.89. The molecule has 2 saturated heterocycles. The SMILES string of the molecule is CN1CCCC1CCNS(=O)(=O)c1ccc2c(c1)C(OC(=O)C(=O)ON(CCC1CCCN1C)S(=O)(=O)c1ccc3c(c1)CN(CC1CCCCC1)CC3)N(CC1CCCCC1)CC2. The van der Waals surface area contributed by atoms with Gasteiger partial charge in [0.05, 0.1) is 16.3 Å². The maximum absolute atomic E-state index is 14.6. The molecule has 3 atom stereocenters. The number of rotatable bonds is 16. The van der Waals surface area contributed by atoms with E-state index in [1.807, 2.05) is 18.0 Å². The molecule has 3 unspecified atom stereocenters. The van der Waals surface area contributed by atoms with Crippen LogP contribution >= 0.6 is 0 Å². The Morgan fingerprint density at radius 3 is 1.97 bits per heavy atom. The number of carbonyl (C=O) groups is 2. The minimum absolute atomic E-state index is 0.0178. The minimum atomic E-state index is -4.41. The number of hydrogen-bond donors (Lipinski definition) is 1. The molecule has 0 aromatic heterocycles. The van der Waals surface area contributed by atoms with Crippen LogP contribution in [0.3, 0.4) is 0 Å². The van der Waals surface area contributed by atoms with E-state index in [-0.39, 0.29) is 22.4 Å². The van der Waals surface area contributed by atoms with Crippen molar-refractivity contribution in [2.24, 2.45) is 11.8 Å². The maximum atomic E-state index is 14.6. The van der Waals surface area contributed by atoms with Gasteiger partial charge in [0, 0.05) is 56.9 Å². The van der Waals surface area contributed by atoms with Crippen molar-refractivity contribution in [1.29, 1.82) is 0 Å². The second-order valence-electron chi connectivity index (χ2n) is 19.7. The van der Waals surface area contributed by atoms with Crippen molar-refractivity contribution in [2.45, 2.75) is 150 Å². The van der Waals surface area contributed by atoms with Crippen molar-refractivity contribution in [3.05, 3.63) is 58.7 Å². The van der Waals surface area contributed by atoms with Crippen LogP contribution in [0.2, 0.25) is 0 Å². The molecular weight excluding hydrogens is 853 g/mol. The third kappa shape index (κ3) is 11.6. The number of nitrogens with zero attached hydrogens (tertiary/aromatic N) is 5. The topological polar surface area (TPSA) is 149 Å². The predicted octanol–water partition coefficient (Wildman–Crippen LogP) is 6.00. The molecule has 16 heteroatoms. The van der Waals surface area contributed by atoms with Gasteiger partial charge >= 0.3 is 11.9 Å². The Bertz CT molecular complexity index is 2160.